The number of carbonyl (C=O) groups is 6. The monoisotopic (exact) mass is 542 g/mol. The Labute approximate surface area is 215 Å². The smallest absolute Gasteiger partial charge is 0.336 e. The maximum Gasteiger partial charge on any atom is 0.336 e. The van der Waals surface area contributed by atoms with Gasteiger partial charge in [-0.25, -0.2) is 24.0 Å². The third kappa shape index (κ3) is 4.61. The van der Waals surface area contributed by atoms with Gasteiger partial charge >= 0.3 is 35.8 Å². The van der Waals surface area contributed by atoms with Gasteiger partial charge in [0.25, 0.3) is 0 Å². The third-order valence-corrected chi connectivity index (χ3v) is 7.95. The Morgan fingerprint density at radius 2 is 1.27 bits per heavy atom. The first kappa shape index (κ1) is 25.7. The molecular weight excluding hydrogens is 528 g/mol. The normalized spacial score (nSPS) is 20.1. The standard InChI is InChI=1S/C24H14O11S2/c25-18(26)12-5-3-10(8-14(12)20(29)30)36-16-2-1-7-24(17(16)22(33)35-23(24)34)37-11-4-6-13(19(27)28)15(9-11)21(31)32/h1-9,17H,(H,25,26)(H,27,28)(H,29,30)(H,31,32). The van der Waals surface area contributed by atoms with E-state index in [4.69, 9.17) is 4.74 Å². The number of carboxylic acid groups (broad SMARTS) is 4. The van der Waals surface area contributed by atoms with E-state index in [1.54, 1.807) is 0 Å². The van der Waals surface area contributed by atoms with E-state index in [1.165, 1.54) is 30.4 Å². The highest BCUT2D eigenvalue weighted by molar-refractivity contribution is 8.03. The quantitative estimate of drug-likeness (QED) is 0.281. The third-order valence-electron chi connectivity index (χ3n) is 5.49. The van der Waals surface area contributed by atoms with Gasteiger partial charge in [0.15, 0.2) is 4.75 Å². The average molecular weight is 542 g/mol. The predicted molar refractivity (Wildman–Crippen MR) is 127 cm³/mol. The summed E-state index contributed by atoms with van der Waals surface area (Å²) in [6.07, 6.45) is 4.43. The molecule has 1 fully saturated rings. The zero-order valence-corrected chi connectivity index (χ0v) is 19.9. The summed E-state index contributed by atoms with van der Waals surface area (Å²) in [6, 6.07) is 7.09. The van der Waals surface area contributed by atoms with Gasteiger partial charge in [0.1, 0.15) is 5.92 Å². The van der Waals surface area contributed by atoms with E-state index < -0.39 is 68.7 Å². The first-order valence-corrected chi connectivity index (χ1v) is 11.8. The summed E-state index contributed by atoms with van der Waals surface area (Å²) in [5.41, 5.74) is -1.85. The van der Waals surface area contributed by atoms with Gasteiger partial charge in [-0.1, -0.05) is 30.0 Å². The molecule has 0 saturated carbocycles. The Morgan fingerprint density at radius 3 is 1.81 bits per heavy atom. The first-order valence-electron chi connectivity index (χ1n) is 10.2. The molecule has 2 atom stereocenters. The van der Waals surface area contributed by atoms with E-state index in [0.29, 0.717) is 4.91 Å². The number of aromatic carboxylic acids is 4. The van der Waals surface area contributed by atoms with Crippen LogP contribution < -0.4 is 0 Å². The molecule has 37 heavy (non-hydrogen) atoms. The van der Waals surface area contributed by atoms with Gasteiger partial charge in [-0.15, -0.1) is 11.8 Å². The molecule has 0 spiro atoms. The minimum atomic E-state index is -1.65. The summed E-state index contributed by atoms with van der Waals surface area (Å²) < 4.78 is 3.27. The van der Waals surface area contributed by atoms with E-state index in [-0.39, 0.29) is 9.79 Å². The van der Waals surface area contributed by atoms with Crippen LogP contribution in [-0.2, 0) is 14.3 Å². The van der Waals surface area contributed by atoms with Crippen molar-refractivity contribution in [3.8, 4) is 0 Å². The van der Waals surface area contributed by atoms with Crippen molar-refractivity contribution in [2.75, 3.05) is 0 Å². The highest BCUT2D eigenvalue weighted by Gasteiger charge is 2.59. The van der Waals surface area contributed by atoms with Crippen LogP contribution in [0.2, 0.25) is 0 Å². The van der Waals surface area contributed by atoms with Gasteiger partial charge in [0, 0.05) is 14.7 Å². The number of rotatable bonds is 8. The van der Waals surface area contributed by atoms with Gasteiger partial charge < -0.3 is 25.2 Å². The number of ether oxygens (including phenoxy) is 1. The molecule has 0 bridgehead atoms. The van der Waals surface area contributed by atoms with Crippen molar-refractivity contribution < 1.29 is 53.9 Å². The number of fused-ring (bicyclic) bond motifs is 1. The number of esters is 2. The maximum atomic E-state index is 12.9. The molecule has 0 amide bonds. The number of benzene rings is 2. The Bertz CT molecular complexity index is 1470. The van der Waals surface area contributed by atoms with Crippen LogP contribution in [0, 0.1) is 5.92 Å². The summed E-state index contributed by atoms with van der Waals surface area (Å²) in [7, 11) is 0. The minimum absolute atomic E-state index is 0.189. The number of hydrogen-bond acceptors (Lipinski definition) is 9. The van der Waals surface area contributed by atoms with Crippen LogP contribution in [0.25, 0.3) is 0 Å². The Balaban J connectivity index is 1.71. The van der Waals surface area contributed by atoms with Crippen molar-refractivity contribution >= 4 is 59.3 Å². The molecule has 11 nitrogen and oxygen atoms in total. The van der Waals surface area contributed by atoms with Crippen LogP contribution in [0.3, 0.4) is 0 Å². The SMILES string of the molecule is O=C(O)c1ccc(SC2=CC=CC3(Sc4ccc(C(=O)O)c(C(=O)O)c4)C(=O)OC(=O)C23)cc1C(=O)O. The topological polar surface area (TPSA) is 193 Å². The summed E-state index contributed by atoms with van der Waals surface area (Å²) in [4.78, 5) is 72.3. The average Bonchev–Trinajstić information content (AvgIpc) is 3.08. The van der Waals surface area contributed by atoms with Crippen LogP contribution in [0.15, 0.2) is 69.3 Å². The van der Waals surface area contributed by atoms with E-state index in [0.717, 1.165) is 47.8 Å². The van der Waals surface area contributed by atoms with Crippen LogP contribution in [0.5, 0.6) is 0 Å². The fourth-order valence-corrected chi connectivity index (χ4v) is 6.38. The molecule has 4 rings (SSSR count). The van der Waals surface area contributed by atoms with Gasteiger partial charge in [0.2, 0.25) is 0 Å². The van der Waals surface area contributed by atoms with E-state index in [1.807, 2.05) is 0 Å². The molecule has 1 saturated heterocycles. The fraction of sp³-hybridized carbons (Fsp3) is 0.0833. The fourth-order valence-electron chi connectivity index (χ4n) is 3.86. The highest BCUT2D eigenvalue weighted by Crippen LogP contribution is 2.53. The van der Waals surface area contributed by atoms with Crippen LogP contribution >= 0.6 is 23.5 Å². The maximum absolute atomic E-state index is 12.9. The van der Waals surface area contributed by atoms with Crippen molar-refractivity contribution in [2.24, 2.45) is 5.92 Å². The number of hydrogen-bond donors (Lipinski definition) is 4. The zero-order valence-electron chi connectivity index (χ0n) is 18.2. The van der Waals surface area contributed by atoms with Gasteiger partial charge in [-0.2, -0.15) is 0 Å². The highest BCUT2D eigenvalue weighted by atomic mass is 32.2. The number of thioether (sulfide) groups is 2. The molecule has 188 valence electrons. The molecular formula is C24H14O11S2. The first-order chi connectivity index (χ1) is 17.4. The van der Waals surface area contributed by atoms with Crippen molar-refractivity contribution in [3.05, 3.63) is 81.8 Å². The lowest BCUT2D eigenvalue weighted by Crippen LogP contribution is -2.38. The number of carbonyl (C=O) groups excluding carboxylic acids is 2. The minimum Gasteiger partial charge on any atom is -0.478 e. The zero-order chi connectivity index (χ0) is 27.1. The van der Waals surface area contributed by atoms with Crippen LogP contribution in [0.4, 0.5) is 0 Å². The molecule has 1 heterocycles. The molecule has 0 radical (unpaired) electrons. The number of carboxylic acids is 4. The molecule has 1 aliphatic carbocycles. The second-order valence-corrected chi connectivity index (χ2v) is 10.2. The molecule has 0 aromatic heterocycles. The van der Waals surface area contributed by atoms with Crippen molar-refractivity contribution in [2.45, 2.75) is 14.5 Å². The van der Waals surface area contributed by atoms with E-state index >= 15 is 0 Å². The Kier molecular flexibility index (Phi) is 6.67. The molecule has 1 aliphatic heterocycles. The van der Waals surface area contributed by atoms with E-state index in [2.05, 4.69) is 0 Å². The molecule has 2 unspecified atom stereocenters. The molecule has 2 aromatic carbocycles. The lowest BCUT2D eigenvalue weighted by molar-refractivity contribution is -0.153. The van der Waals surface area contributed by atoms with Crippen LogP contribution in [0.1, 0.15) is 41.4 Å². The molecule has 13 heteroatoms. The van der Waals surface area contributed by atoms with Gasteiger partial charge in [-0.05, 0) is 36.4 Å². The largest absolute Gasteiger partial charge is 0.478 e. The second-order valence-electron chi connectivity index (χ2n) is 7.70. The van der Waals surface area contributed by atoms with Gasteiger partial charge in [-0.3, -0.25) is 4.79 Å². The summed E-state index contributed by atoms with van der Waals surface area (Å²) in [5, 5.41) is 37.3. The lowest BCUT2D eigenvalue weighted by atomic mass is 9.89. The lowest BCUT2D eigenvalue weighted by Gasteiger charge is -2.29. The Morgan fingerprint density at radius 1 is 0.757 bits per heavy atom. The van der Waals surface area contributed by atoms with Crippen molar-refractivity contribution in [1.82, 2.24) is 0 Å². The predicted octanol–water partition coefficient (Wildman–Crippen LogP) is 3.26. The van der Waals surface area contributed by atoms with Gasteiger partial charge in [0.05, 0.1) is 22.3 Å². The Hall–Kier alpha value is -4.36. The summed E-state index contributed by atoms with van der Waals surface area (Å²) in [5.74, 6) is -8.83. The van der Waals surface area contributed by atoms with Crippen LogP contribution in [-0.4, -0.2) is 61.0 Å². The summed E-state index contributed by atoms with van der Waals surface area (Å²) >= 11 is 1.75. The second kappa shape index (κ2) is 9.59. The number of allylic oxidation sites excluding steroid dienone is 2. The van der Waals surface area contributed by atoms with E-state index in [9.17, 15) is 49.2 Å². The molecule has 2 aromatic rings. The number of cyclic esters (lactones) is 2. The molecule has 2 aliphatic rings. The van der Waals surface area contributed by atoms with Crippen molar-refractivity contribution in [1.29, 1.82) is 0 Å². The molecule has 4 N–H and O–H groups in total. The van der Waals surface area contributed by atoms with Crippen molar-refractivity contribution in [3.63, 3.8) is 0 Å². The summed E-state index contributed by atoms with van der Waals surface area (Å²) in [6.45, 7) is 0.